The Morgan fingerprint density at radius 1 is 1.52 bits per heavy atom. The van der Waals surface area contributed by atoms with Crippen molar-refractivity contribution in [1.82, 2.24) is 10.2 Å². The van der Waals surface area contributed by atoms with Crippen LogP contribution >= 0.6 is 24.0 Å². The van der Waals surface area contributed by atoms with Gasteiger partial charge in [-0.05, 0) is 37.9 Å². The average Bonchev–Trinajstić information content (AvgIpc) is 2.49. The predicted molar refractivity (Wildman–Crippen MR) is 92.3 cm³/mol. The van der Waals surface area contributed by atoms with Crippen LogP contribution in [0, 0.1) is 16.0 Å². The van der Waals surface area contributed by atoms with E-state index in [0.717, 1.165) is 32.5 Å². The van der Waals surface area contributed by atoms with Crippen LogP contribution in [0.25, 0.3) is 0 Å². The summed E-state index contributed by atoms with van der Waals surface area (Å²) in [5.41, 5.74) is 0.571. The fourth-order valence-electron chi connectivity index (χ4n) is 2.81. The SMILES string of the molecule is CNCC1CCCN(C(=O)Cc2ccc([N+](=O)[O-])cc2Cl)C1.Cl. The quantitative estimate of drug-likeness (QED) is 0.646. The van der Waals surface area contributed by atoms with E-state index in [-0.39, 0.29) is 35.4 Å². The Labute approximate surface area is 146 Å². The number of nitrogens with one attached hydrogen (secondary N) is 1. The van der Waals surface area contributed by atoms with Crippen molar-refractivity contribution in [3.05, 3.63) is 38.9 Å². The molecule has 1 unspecified atom stereocenters. The summed E-state index contributed by atoms with van der Waals surface area (Å²) in [5, 5.41) is 14.1. The van der Waals surface area contributed by atoms with Crippen LogP contribution in [0.2, 0.25) is 5.02 Å². The molecule has 6 nitrogen and oxygen atoms in total. The Hall–Kier alpha value is -1.37. The molecule has 1 saturated heterocycles. The van der Waals surface area contributed by atoms with Crippen molar-refractivity contribution in [3.63, 3.8) is 0 Å². The predicted octanol–water partition coefficient (Wildman–Crippen LogP) is 2.67. The third kappa shape index (κ3) is 5.34. The second-order valence-electron chi connectivity index (χ2n) is 5.62. The number of likely N-dealkylation sites (tertiary alicyclic amines) is 1. The number of nitro benzene ring substituents is 1. The first-order valence-electron chi connectivity index (χ1n) is 7.36. The largest absolute Gasteiger partial charge is 0.342 e. The number of nitrogens with zero attached hydrogens (tertiary/aromatic N) is 2. The molecule has 1 aliphatic heterocycles. The summed E-state index contributed by atoms with van der Waals surface area (Å²) < 4.78 is 0. The van der Waals surface area contributed by atoms with Crippen molar-refractivity contribution < 1.29 is 9.72 Å². The lowest BCUT2D eigenvalue weighted by atomic mass is 9.97. The van der Waals surface area contributed by atoms with Crippen molar-refractivity contribution in [1.29, 1.82) is 0 Å². The van der Waals surface area contributed by atoms with Gasteiger partial charge in [0.25, 0.3) is 5.69 Å². The minimum Gasteiger partial charge on any atom is -0.342 e. The van der Waals surface area contributed by atoms with Crippen molar-refractivity contribution in [2.24, 2.45) is 5.92 Å². The van der Waals surface area contributed by atoms with Crippen molar-refractivity contribution >= 4 is 35.6 Å². The molecule has 8 heteroatoms. The maximum atomic E-state index is 12.4. The van der Waals surface area contributed by atoms with Gasteiger partial charge in [-0.2, -0.15) is 0 Å². The Morgan fingerprint density at radius 2 is 2.26 bits per heavy atom. The number of hydrogen-bond donors (Lipinski definition) is 1. The first-order chi connectivity index (χ1) is 10.5. The molecule has 128 valence electrons. The smallest absolute Gasteiger partial charge is 0.270 e. The molecular weight excluding hydrogens is 341 g/mol. The van der Waals surface area contributed by atoms with Crippen LogP contribution in [-0.2, 0) is 11.2 Å². The molecule has 1 atom stereocenters. The molecule has 1 heterocycles. The maximum Gasteiger partial charge on any atom is 0.270 e. The van der Waals surface area contributed by atoms with Crippen LogP contribution in [0.15, 0.2) is 18.2 Å². The highest BCUT2D eigenvalue weighted by atomic mass is 35.5. The first-order valence-corrected chi connectivity index (χ1v) is 7.74. The van der Waals surface area contributed by atoms with E-state index in [1.807, 2.05) is 11.9 Å². The van der Waals surface area contributed by atoms with Crippen molar-refractivity contribution in [2.45, 2.75) is 19.3 Å². The van der Waals surface area contributed by atoms with Crippen LogP contribution in [0.4, 0.5) is 5.69 Å². The number of halogens is 2. The van der Waals surface area contributed by atoms with Crippen LogP contribution in [0.1, 0.15) is 18.4 Å². The van der Waals surface area contributed by atoms with Gasteiger partial charge in [0.2, 0.25) is 5.91 Å². The first kappa shape index (κ1) is 19.7. The zero-order valence-corrected chi connectivity index (χ0v) is 14.5. The lowest BCUT2D eigenvalue weighted by molar-refractivity contribution is -0.384. The molecule has 1 aliphatic rings. The van der Waals surface area contributed by atoms with Crippen LogP contribution in [0.3, 0.4) is 0 Å². The lowest BCUT2D eigenvalue weighted by Gasteiger charge is -2.33. The van der Waals surface area contributed by atoms with Gasteiger partial charge in [0.15, 0.2) is 0 Å². The summed E-state index contributed by atoms with van der Waals surface area (Å²) in [6.07, 6.45) is 2.32. The zero-order valence-electron chi connectivity index (χ0n) is 13.0. The van der Waals surface area contributed by atoms with E-state index in [1.54, 1.807) is 6.07 Å². The molecule has 23 heavy (non-hydrogen) atoms. The maximum absolute atomic E-state index is 12.4. The fourth-order valence-corrected chi connectivity index (χ4v) is 3.06. The van der Waals surface area contributed by atoms with Gasteiger partial charge in [-0.15, -0.1) is 12.4 Å². The van der Waals surface area contributed by atoms with Crippen molar-refractivity contribution in [2.75, 3.05) is 26.7 Å². The molecule has 0 aliphatic carbocycles. The number of piperidine rings is 1. The second kappa shape index (κ2) is 9.05. The van der Waals surface area contributed by atoms with Gasteiger partial charge >= 0.3 is 0 Å². The minimum absolute atomic E-state index is 0. The number of carbonyl (C=O) groups excluding carboxylic acids is 1. The molecule has 1 fully saturated rings. The molecule has 0 radical (unpaired) electrons. The number of hydrogen-bond acceptors (Lipinski definition) is 4. The minimum atomic E-state index is -0.496. The van der Waals surface area contributed by atoms with Gasteiger partial charge < -0.3 is 10.2 Å². The van der Waals surface area contributed by atoms with E-state index in [1.165, 1.54) is 12.1 Å². The number of benzene rings is 1. The van der Waals surface area contributed by atoms with E-state index in [0.29, 0.717) is 11.5 Å². The summed E-state index contributed by atoms with van der Waals surface area (Å²) in [6, 6.07) is 4.24. The van der Waals surface area contributed by atoms with E-state index < -0.39 is 4.92 Å². The third-order valence-corrected chi connectivity index (χ3v) is 4.31. The van der Waals surface area contributed by atoms with E-state index in [2.05, 4.69) is 5.32 Å². The topological polar surface area (TPSA) is 75.5 Å². The second-order valence-corrected chi connectivity index (χ2v) is 6.02. The zero-order chi connectivity index (χ0) is 16.1. The lowest BCUT2D eigenvalue weighted by Crippen LogP contribution is -2.43. The molecule has 1 amide bonds. The van der Waals surface area contributed by atoms with Gasteiger partial charge in [0, 0.05) is 25.2 Å². The molecular formula is C15H21Cl2N3O3. The summed E-state index contributed by atoms with van der Waals surface area (Å²) >= 11 is 6.05. The highest BCUT2D eigenvalue weighted by molar-refractivity contribution is 6.31. The molecule has 1 N–H and O–H groups in total. The molecule has 2 rings (SSSR count). The molecule has 0 saturated carbocycles. The van der Waals surface area contributed by atoms with Gasteiger partial charge in [-0.1, -0.05) is 17.7 Å². The summed E-state index contributed by atoms with van der Waals surface area (Å²) in [7, 11) is 1.91. The Balaban J connectivity index is 0.00000264. The molecule has 0 aromatic heterocycles. The normalized spacial score (nSPS) is 17.5. The third-order valence-electron chi connectivity index (χ3n) is 3.95. The Bertz CT molecular complexity index is 567. The summed E-state index contributed by atoms with van der Waals surface area (Å²) in [4.78, 5) is 24.5. The summed E-state index contributed by atoms with van der Waals surface area (Å²) in [5.74, 6) is 0.506. The van der Waals surface area contributed by atoms with Crippen LogP contribution in [-0.4, -0.2) is 42.4 Å². The monoisotopic (exact) mass is 361 g/mol. The van der Waals surface area contributed by atoms with Gasteiger partial charge in [-0.3, -0.25) is 14.9 Å². The molecule has 0 spiro atoms. The van der Waals surface area contributed by atoms with Gasteiger partial charge in [0.05, 0.1) is 16.4 Å². The van der Waals surface area contributed by atoms with E-state index >= 15 is 0 Å². The van der Waals surface area contributed by atoms with Gasteiger partial charge in [0.1, 0.15) is 0 Å². The van der Waals surface area contributed by atoms with Gasteiger partial charge in [-0.25, -0.2) is 0 Å². The number of amides is 1. The Morgan fingerprint density at radius 3 is 2.87 bits per heavy atom. The van der Waals surface area contributed by atoms with Crippen molar-refractivity contribution in [3.8, 4) is 0 Å². The molecule has 1 aromatic rings. The average molecular weight is 362 g/mol. The Kier molecular flexibility index (Phi) is 7.75. The number of non-ortho nitro benzene ring substituents is 1. The van der Waals surface area contributed by atoms with E-state index in [4.69, 9.17) is 11.6 Å². The van der Waals surface area contributed by atoms with Crippen LogP contribution in [0.5, 0.6) is 0 Å². The van der Waals surface area contributed by atoms with E-state index in [9.17, 15) is 14.9 Å². The molecule has 1 aromatic carbocycles. The standard InChI is InChI=1S/C15H20ClN3O3.ClH/c1-17-9-11-3-2-6-18(10-11)15(20)7-12-4-5-13(19(21)22)8-14(12)16;/h4-5,8,11,17H,2-3,6-7,9-10H2,1H3;1H. The number of rotatable bonds is 5. The van der Waals surface area contributed by atoms with Crippen LogP contribution < -0.4 is 5.32 Å². The number of nitro groups is 1. The molecule has 0 bridgehead atoms. The number of carbonyl (C=O) groups is 1. The highest BCUT2D eigenvalue weighted by Crippen LogP contribution is 2.24. The summed E-state index contributed by atoms with van der Waals surface area (Å²) in [6.45, 7) is 2.43. The fraction of sp³-hybridized carbons (Fsp3) is 0.533. The highest BCUT2D eigenvalue weighted by Gasteiger charge is 2.24.